The molecule has 2 aromatic rings. The van der Waals surface area contributed by atoms with Crippen LogP contribution in [0, 0.1) is 20.8 Å². The third-order valence-corrected chi connectivity index (χ3v) is 6.31. The second-order valence-corrected chi connectivity index (χ2v) is 9.05. The molecular formula is C25H33BrN2O3. The third kappa shape index (κ3) is 7.10. The number of hydrogen-bond donors (Lipinski definition) is 1. The number of nitrogens with zero attached hydrogens (tertiary/aromatic N) is 1. The van der Waals surface area contributed by atoms with Crippen LogP contribution in [0.2, 0.25) is 0 Å². The predicted octanol–water partition coefficient (Wildman–Crippen LogP) is 5.09. The first-order valence-electron chi connectivity index (χ1n) is 10.7. The molecule has 5 nitrogen and oxygen atoms in total. The van der Waals surface area contributed by atoms with Crippen molar-refractivity contribution in [1.82, 2.24) is 10.2 Å². The molecule has 2 aromatic carbocycles. The van der Waals surface area contributed by atoms with Crippen molar-refractivity contribution in [3.05, 3.63) is 63.1 Å². The Bertz CT molecular complexity index is 886. The summed E-state index contributed by atoms with van der Waals surface area (Å²) in [6.45, 7) is 12.0. The number of hydrogen-bond acceptors (Lipinski definition) is 3. The summed E-state index contributed by atoms with van der Waals surface area (Å²) in [5.41, 5.74) is 4.21. The molecule has 0 aliphatic heterocycles. The molecule has 0 heterocycles. The maximum Gasteiger partial charge on any atom is 0.261 e. The van der Waals surface area contributed by atoms with E-state index in [9.17, 15) is 9.59 Å². The molecular weight excluding hydrogens is 456 g/mol. The minimum absolute atomic E-state index is 0.00263. The molecule has 2 rings (SSSR count). The van der Waals surface area contributed by atoms with Gasteiger partial charge < -0.3 is 15.0 Å². The number of nitrogens with one attached hydrogen (secondary N) is 1. The summed E-state index contributed by atoms with van der Waals surface area (Å²) in [5.74, 6) is 0.277. The molecule has 0 aliphatic carbocycles. The van der Waals surface area contributed by atoms with E-state index in [0.717, 1.165) is 26.7 Å². The normalized spacial score (nSPS) is 11.9. The quantitative estimate of drug-likeness (QED) is 0.534. The first kappa shape index (κ1) is 24.9. The predicted molar refractivity (Wildman–Crippen MR) is 128 cm³/mol. The standard InChI is InChI=1S/C25H33BrN2O3/c1-7-22(25(30)27-16(2)3)28(14-20-10-8-17(4)9-11-20)23(29)15-31-21-12-18(5)24(26)19(6)13-21/h8-13,16,22H,7,14-15H2,1-6H3,(H,27,30). The fourth-order valence-electron chi connectivity index (χ4n) is 3.41. The molecule has 0 saturated heterocycles. The van der Waals surface area contributed by atoms with Gasteiger partial charge in [-0.2, -0.15) is 0 Å². The van der Waals surface area contributed by atoms with Crippen molar-refractivity contribution in [2.75, 3.05) is 6.61 Å². The molecule has 0 radical (unpaired) electrons. The van der Waals surface area contributed by atoms with Gasteiger partial charge in [0, 0.05) is 17.1 Å². The lowest BCUT2D eigenvalue weighted by Crippen LogP contribution is -2.51. The molecule has 0 spiro atoms. The summed E-state index contributed by atoms with van der Waals surface area (Å²) in [4.78, 5) is 27.7. The van der Waals surface area contributed by atoms with E-state index < -0.39 is 6.04 Å². The van der Waals surface area contributed by atoms with Crippen LogP contribution in [-0.4, -0.2) is 35.4 Å². The number of carbonyl (C=O) groups is 2. The number of amides is 2. The zero-order chi connectivity index (χ0) is 23.1. The molecule has 1 N–H and O–H groups in total. The van der Waals surface area contributed by atoms with Crippen molar-refractivity contribution in [3.63, 3.8) is 0 Å². The van der Waals surface area contributed by atoms with E-state index >= 15 is 0 Å². The second kappa shape index (κ2) is 11.3. The van der Waals surface area contributed by atoms with E-state index in [1.165, 1.54) is 0 Å². The molecule has 0 fully saturated rings. The lowest BCUT2D eigenvalue weighted by Gasteiger charge is -2.31. The number of benzene rings is 2. The van der Waals surface area contributed by atoms with E-state index in [1.54, 1.807) is 4.90 Å². The fourth-order valence-corrected chi connectivity index (χ4v) is 3.64. The minimum Gasteiger partial charge on any atom is -0.484 e. The molecule has 31 heavy (non-hydrogen) atoms. The van der Waals surface area contributed by atoms with Crippen molar-refractivity contribution in [3.8, 4) is 5.75 Å². The Morgan fingerprint density at radius 1 is 1.06 bits per heavy atom. The topological polar surface area (TPSA) is 58.6 Å². The maximum absolute atomic E-state index is 13.2. The van der Waals surface area contributed by atoms with Gasteiger partial charge in [0.2, 0.25) is 5.91 Å². The lowest BCUT2D eigenvalue weighted by molar-refractivity contribution is -0.143. The van der Waals surface area contributed by atoms with Gasteiger partial charge in [-0.05, 0) is 69.9 Å². The molecule has 2 amide bonds. The van der Waals surface area contributed by atoms with Gasteiger partial charge in [-0.25, -0.2) is 0 Å². The first-order chi connectivity index (χ1) is 14.6. The monoisotopic (exact) mass is 488 g/mol. The van der Waals surface area contributed by atoms with E-state index in [0.29, 0.717) is 18.7 Å². The van der Waals surface area contributed by atoms with Gasteiger partial charge in [0.05, 0.1) is 0 Å². The summed E-state index contributed by atoms with van der Waals surface area (Å²) >= 11 is 3.55. The van der Waals surface area contributed by atoms with Crippen LogP contribution in [0.3, 0.4) is 0 Å². The van der Waals surface area contributed by atoms with Gasteiger partial charge in [0.15, 0.2) is 6.61 Å². The summed E-state index contributed by atoms with van der Waals surface area (Å²) in [6, 6.07) is 11.2. The van der Waals surface area contributed by atoms with Crippen molar-refractivity contribution in [2.24, 2.45) is 0 Å². The third-order valence-electron chi connectivity index (χ3n) is 5.06. The number of rotatable bonds is 9. The number of carbonyl (C=O) groups excluding carboxylic acids is 2. The van der Waals surface area contributed by atoms with Gasteiger partial charge in [0.25, 0.3) is 5.91 Å². The van der Waals surface area contributed by atoms with Crippen LogP contribution in [-0.2, 0) is 16.1 Å². The molecule has 1 atom stereocenters. The van der Waals surface area contributed by atoms with Crippen molar-refractivity contribution in [2.45, 2.75) is 66.6 Å². The van der Waals surface area contributed by atoms with Crippen molar-refractivity contribution in [1.29, 1.82) is 0 Å². The minimum atomic E-state index is -0.562. The molecule has 0 bridgehead atoms. The Kier molecular flexibility index (Phi) is 9.11. The van der Waals surface area contributed by atoms with E-state index in [1.807, 2.05) is 77.9 Å². The largest absolute Gasteiger partial charge is 0.484 e. The van der Waals surface area contributed by atoms with Gasteiger partial charge in [-0.1, -0.05) is 52.7 Å². The number of ether oxygens (including phenoxy) is 1. The molecule has 1 unspecified atom stereocenters. The lowest BCUT2D eigenvalue weighted by atomic mass is 10.1. The Labute approximate surface area is 194 Å². The summed E-state index contributed by atoms with van der Waals surface area (Å²) < 4.78 is 6.87. The fraction of sp³-hybridized carbons (Fsp3) is 0.440. The maximum atomic E-state index is 13.2. The van der Waals surface area contributed by atoms with E-state index in [-0.39, 0.29) is 24.5 Å². The SMILES string of the molecule is CCC(C(=O)NC(C)C)N(Cc1ccc(C)cc1)C(=O)COc1cc(C)c(Br)c(C)c1. The average Bonchev–Trinajstić information content (AvgIpc) is 2.70. The van der Waals surface area contributed by atoms with Gasteiger partial charge in [-0.15, -0.1) is 0 Å². The van der Waals surface area contributed by atoms with Crippen LogP contribution in [0.1, 0.15) is 49.4 Å². The number of aryl methyl sites for hydroxylation is 3. The highest BCUT2D eigenvalue weighted by atomic mass is 79.9. The average molecular weight is 489 g/mol. The van der Waals surface area contributed by atoms with Gasteiger partial charge >= 0.3 is 0 Å². The van der Waals surface area contributed by atoms with Crippen LogP contribution in [0.4, 0.5) is 0 Å². The van der Waals surface area contributed by atoms with Crippen molar-refractivity contribution >= 4 is 27.7 Å². The van der Waals surface area contributed by atoms with Gasteiger partial charge in [-0.3, -0.25) is 9.59 Å². The molecule has 6 heteroatoms. The van der Waals surface area contributed by atoms with Crippen LogP contribution >= 0.6 is 15.9 Å². The summed E-state index contributed by atoms with van der Waals surface area (Å²) in [7, 11) is 0. The number of halogens is 1. The van der Waals surface area contributed by atoms with Crippen molar-refractivity contribution < 1.29 is 14.3 Å². The van der Waals surface area contributed by atoms with E-state index in [2.05, 4.69) is 21.2 Å². The van der Waals surface area contributed by atoms with Gasteiger partial charge in [0.1, 0.15) is 11.8 Å². The highest BCUT2D eigenvalue weighted by Gasteiger charge is 2.29. The molecule has 0 saturated carbocycles. The Morgan fingerprint density at radius 3 is 2.16 bits per heavy atom. The van der Waals surface area contributed by atoms with Crippen LogP contribution in [0.25, 0.3) is 0 Å². The molecule has 0 aromatic heterocycles. The highest BCUT2D eigenvalue weighted by molar-refractivity contribution is 9.10. The Balaban J connectivity index is 2.23. The smallest absolute Gasteiger partial charge is 0.261 e. The zero-order valence-corrected chi connectivity index (χ0v) is 20.9. The summed E-state index contributed by atoms with van der Waals surface area (Å²) in [5, 5.41) is 2.94. The molecule has 0 aliphatic rings. The summed E-state index contributed by atoms with van der Waals surface area (Å²) in [6.07, 6.45) is 0.520. The van der Waals surface area contributed by atoms with E-state index in [4.69, 9.17) is 4.74 Å². The zero-order valence-electron chi connectivity index (χ0n) is 19.3. The Morgan fingerprint density at radius 2 is 1.65 bits per heavy atom. The van der Waals surface area contributed by atoms with Crippen LogP contribution in [0.5, 0.6) is 5.75 Å². The molecule has 168 valence electrons. The van der Waals surface area contributed by atoms with Crippen LogP contribution in [0.15, 0.2) is 40.9 Å². The Hall–Kier alpha value is -2.34. The second-order valence-electron chi connectivity index (χ2n) is 8.25. The first-order valence-corrected chi connectivity index (χ1v) is 11.5. The highest BCUT2D eigenvalue weighted by Crippen LogP contribution is 2.26. The van der Waals surface area contributed by atoms with Crippen LogP contribution < -0.4 is 10.1 Å².